The van der Waals surface area contributed by atoms with E-state index < -0.39 is 6.10 Å². The second-order valence-corrected chi connectivity index (χ2v) is 11.2. The van der Waals surface area contributed by atoms with Crippen molar-refractivity contribution in [1.82, 2.24) is 0 Å². The Balaban J connectivity index is 1.49. The summed E-state index contributed by atoms with van der Waals surface area (Å²) in [5, 5.41) is 9.53. The van der Waals surface area contributed by atoms with Gasteiger partial charge in [0.15, 0.2) is 5.78 Å². The average Bonchev–Trinajstić information content (AvgIpc) is 3.01. The molecular weight excluding hydrogens is 392 g/mol. The van der Waals surface area contributed by atoms with Gasteiger partial charge in [-0.3, -0.25) is 4.79 Å². The third-order valence-corrected chi connectivity index (χ3v) is 8.70. The minimum atomic E-state index is -0.492. The summed E-state index contributed by atoms with van der Waals surface area (Å²) in [6, 6.07) is 2.15. The number of Topliss-reactive ketones (excluding diaryl/α,β-unsaturated/α-hetero) is 1. The van der Waals surface area contributed by atoms with Gasteiger partial charge in [-0.2, -0.15) is 0 Å². The van der Waals surface area contributed by atoms with Crippen molar-refractivity contribution in [3.05, 3.63) is 49.2 Å². The van der Waals surface area contributed by atoms with Gasteiger partial charge in [0.25, 0.3) is 0 Å². The minimum Gasteiger partial charge on any atom is -0.490 e. The van der Waals surface area contributed by atoms with E-state index in [-0.39, 0.29) is 0 Å². The van der Waals surface area contributed by atoms with Crippen molar-refractivity contribution in [3.63, 3.8) is 0 Å². The van der Waals surface area contributed by atoms with E-state index in [9.17, 15) is 9.90 Å². The number of ether oxygens (including phenoxy) is 1. The fraction of sp³-hybridized carbons (Fsp3) is 0.577. The molecule has 1 fully saturated rings. The number of ketones is 1. The highest BCUT2D eigenvalue weighted by atomic mass is 32.1. The lowest BCUT2D eigenvalue weighted by Crippen LogP contribution is -2.14. The van der Waals surface area contributed by atoms with E-state index >= 15 is 0 Å². The first-order chi connectivity index (χ1) is 14.0. The Morgan fingerprint density at radius 2 is 1.97 bits per heavy atom. The van der Waals surface area contributed by atoms with E-state index in [4.69, 9.17) is 4.74 Å². The van der Waals surface area contributed by atoms with Gasteiger partial charge in [0.2, 0.25) is 0 Å². The molecule has 0 bridgehead atoms. The highest BCUT2D eigenvalue weighted by Gasteiger charge is 2.63. The Morgan fingerprint density at radius 1 is 1.27 bits per heavy atom. The van der Waals surface area contributed by atoms with Crippen molar-refractivity contribution in [3.8, 4) is 5.75 Å². The van der Waals surface area contributed by atoms with Gasteiger partial charge in [-0.05, 0) is 98.1 Å². The van der Waals surface area contributed by atoms with E-state index in [0.717, 1.165) is 40.5 Å². The van der Waals surface area contributed by atoms with Crippen molar-refractivity contribution in [2.24, 2.45) is 11.3 Å². The standard InChI is InChI=1S/C26H34O3S/c1-13-10-18(15(3)16(4)24(13)29-12-14(2)27)8-9-21(28)25-19-11-20-23(26(20,6)7)22(19)17(5)30-25/h10,14,20,23,27H,8-9,11-12H2,1-7H3/t14?,20-,23-/m1/s1. The van der Waals surface area contributed by atoms with Crippen LogP contribution in [-0.2, 0) is 12.8 Å². The molecule has 2 aromatic rings. The van der Waals surface area contributed by atoms with E-state index in [0.29, 0.717) is 30.1 Å². The van der Waals surface area contributed by atoms with Crippen LogP contribution in [0.25, 0.3) is 0 Å². The molecule has 162 valence electrons. The smallest absolute Gasteiger partial charge is 0.173 e. The SMILES string of the molecule is Cc1cc(CCC(=O)c2sc(C)c3c2C[C@@H]2[C@H]3C2(C)C)c(C)c(C)c1OCC(C)O. The van der Waals surface area contributed by atoms with Gasteiger partial charge in [-0.15, -0.1) is 11.3 Å². The molecule has 1 aromatic heterocycles. The van der Waals surface area contributed by atoms with Crippen LogP contribution in [0, 0.1) is 39.0 Å². The summed E-state index contributed by atoms with van der Waals surface area (Å²) in [5.41, 5.74) is 7.86. The normalized spacial score (nSPS) is 21.9. The molecule has 0 amide bonds. The zero-order valence-corrected chi connectivity index (χ0v) is 20.1. The predicted octanol–water partition coefficient (Wildman–Crippen LogP) is 5.85. The minimum absolute atomic E-state index is 0.292. The Kier molecular flexibility index (Phi) is 5.39. The van der Waals surface area contributed by atoms with Crippen molar-refractivity contribution in [2.75, 3.05) is 6.61 Å². The van der Waals surface area contributed by atoms with Crippen LogP contribution in [0.1, 0.15) is 81.0 Å². The molecule has 30 heavy (non-hydrogen) atoms. The van der Waals surface area contributed by atoms with E-state index in [1.807, 2.05) is 6.92 Å². The molecule has 0 radical (unpaired) electrons. The average molecular weight is 427 g/mol. The zero-order valence-electron chi connectivity index (χ0n) is 19.3. The van der Waals surface area contributed by atoms with Crippen LogP contribution in [0.4, 0.5) is 0 Å². The molecule has 2 aliphatic rings. The Labute approximate surface area is 184 Å². The predicted molar refractivity (Wildman–Crippen MR) is 123 cm³/mol. The summed E-state index contributed by atoms with van der Waals surface area (Å²) in [6.45, 7) is 15.2. The fourth-order valence-electron chi connectivity index (χ4n) is 5.55. The Morgan fingerprint density at radius 3 is 2.63 bits per heavy atom. The summed E-state index contributed by atoms with van der Waals surface area (Å²) in [6.07, 6.45) is 1.91. The van der Waals surface area contributed by atoms with Gasteiger partial charge < -0.3 is 9.84 Å². The molecule has 4 rings (SSSR count). The number of thiophene rings is 1. The Bertz CT molecular complexity index is 1010. The number of benzene rings is 1. The summed E-state index contributed by atoms with van der Waals surface area (Å²) in [7, 11) is 0. The molecule has 2 aliphatic carbocycles. The van der Waals surface area contributed by atoms with Crippen molar-refractivity contribution >= 4 is 17.1 Å². The third-order valence-electron chi connectivity index (χ3n) is 7.50. The molecule has 1 N–H and O–H groups in total. The van der Waals surface area contributed by atoms with Gasteiger partial charge in [-0.25, -0.2) is 0 Å². The van der Waals surface area contributed by atoms with E-state index in [1.54, 1.807) is 18.3 Å². The second kappa shape index (κ2) is 7.49. The number of aryl methyl sites for hydroxylation is 3. The number of rotatable bonds is 7. The zero-order chi connectivity index (χ0) is 22.0. The molecule has 1 aromatic carbocycles. The number of carbonyl (C=O) groups is 1. The summed E-state index contributed by atoms with van der Waals surface area (Å²) < 4.78 is 5.83. The molecule has 1 heterocycles. The molecule has 3 atom stereocenters. The summed E-state index contributed by atoms with van der Waals surface area (Å²) >= 11 is 1.72. The van der Waals surface area contributed by atoms with Crippen LogP contribution >= 0.6 is 11.3 Å². The number of fused-ring (bicyclic) bond motifs is 3. The first-order valence-corrected chi connectivity index (χ1v) is 11.9. The second-order valence-electron chi connectivity index (χ2n) is 10.0. The highest BCUT2D eigenvalue weighted by molar-refractivity contribution is 7.14. The van der Waals surface area contributed by atoms with Crippen LogP contribution < -0.4 is 4.74 Å². The largest absolute Gasteiger partial charge is 0.490 e. The number of aliphatic hydroxyl groups excluding tert-OH is 1. The van der Waals surface area contributed by atoms with Crippen LogP contribution in [0.2, 0.25) is 0 Å². The highest BCUT2D eigenvalue weighted by Crippen LogP contribution is 2.71. The van der Waals surface area contributed by atoms with Crippen molar-refractivity contribution in [1.29, 1.82) is 0 Å². The maximum atomic E-state index is 13.2. The van der Waals surface area contributed by atoms with E-state index in [1.165, 1.54) is 27.1 Å². The van der Waals surface area contributed by atoms with Crippen LogP contribution in [0.5, 0.6) is 5.75 Å². The lowest BCUT2D eigenvalue weighted by atomic mass is 9.92. The third kappa shape index (κ3) is 3.42. The van der Waals surface area contributed by atoms with Gasteiger partial charge in [-0.1, -0.05) is 19.9 Å². The number of aliphatic hydroxyl groups is 1. The van der Waals surface area contributed by atoms with Crippen molar-refractivity contribution in [2.45, 2.75) is 79.8 Å². The van der Waals surface area contributed by atoms with Gasteiger partial charge in [0, 0.05) is 11.3 Å². The fourth-order valence-corrected chi connectivity index (χ4v) is 6.75. The topological polar surface area (TPSA) is 46.5 Å². The molecule has 4 heteroatoms. The summed E-state index contributed by atoms with van der Waals surface area (Å²) in [5.74, 6) is 2.57. The van der Waals surface area contributed by atoms with Crippen molar-refractivity contribution < 1.29 is 14.6 Å². The molecule has 1 unspecified atom stereocenters. The molecule has 3 nitrogen and oxygen atoms in total. The molecule has 0 aliphatic heterocycles. The van der Waals surface area contributed by atoms with Crippen LogP contribution in [0.15, 0.2) is 6.07 Å². The molecule has 0 saturated heterocycles. The number of hydrogen-bond acceptors (Lipinski definition) is 4. The first-order valence-electron chi connectivity index (χ1n) is 11.1. The van der Waals surface area contributed by atoms with Crippen LogP contribution in [-0.4, -0.2) is 23.6 Å². The molecular formula is C26H34O3S. The van der Waals surface area contributed by atoms with Gasteiger partial charge >= 0.3 is 0 Å². The maximum Gasteiger partial charge on any atom is 0.173 e. The summed E-state index contributed by atoms with van der Waals surface area (Å²) in [4.78, 5) is 15.5. The van der Waals surface area contributed by atoms with Gasteiger partial charge in [0.05, 0.1) is 11.0 Å². The monoisotopic (exact) mass is 426 g/mol. The molecule has 0 spiro atoms. The lowest BCUT2D eigenvalue weighted by Gasteiger charge is -2.18. The number of carbonyl (C=O) groups excluding carboxylic acids is 1. The number of hydrogen-bond donors (Lipinski definition) is 1. The quantitative estimate of drug-likeness (QED) is 0.565. The first kappa shape index (κ1) is 21.6. The van der Waals surface area contributed by atoms with Gasteiger partial charge in [0.1, 0.15) is 12.4 Å². The van der Waals surface area contributed by atoms with E-state index in [2.05, 4.69) is 40.7 Å². The van der Waals surface area contributed by atoms with Crippen LogP contribution in [0.3, 0.4) is 0 Å². The maximum absolute atomic E-state index is 13.2. The molecule has 1 saturated carbocycles. The lowest BCUT2D eigenvalue weighted by molar-refractivity contribution is 0.0985. The Hall–Kier alpha value is -1.65.